The van der Waals surface area contributed by atoms with Crippen molar-refractivity contribution in [2.24, 2.45) is 0 Å². The Balaban J connectivity index is 2.18. The highest BCUT2D eigenvalue weighted by molar-refractivity contribution is 7.14. The van der Waals surface area contributed by atoms with Crippen molar-refractivity contribution < 1.29 is 14.8 Å². The fourth-order valence-corrected chi connectivity index (χ4v) is 2.90. The summed E-state index contributed by atoms with van der Waals surface area (Å²) >= 11 is 1.10. The first-order chi connectivity index (χ1) is 9.90. The number of phenols is 1. The van der Waals surface area contributed by atoms with Gasteiger partial charge < -0.3 is 10.0 Å². The number of carbonyl (C=O) groups excluding carboxylic acids is 1. The molecular formula is C14H14N2O4S. The van der Waals surface area contributed by atoms with Crippen LogP contribution in [0.15, 0.2) is 30.3 Å². The molecule has 0 saturated carbocycles. The molecule has 0 atom stereocenters. The molecule has 0 bridgehead atoms. The first-order valence-electron chi connectivity index (χ1n) is 6.17. The minimum atomic E-state index is -0.494. The first-order valence-corrected chi connectivity index (χ1v) is 6.99. The molecule has 7 heteroatoms. The smallest absolute Gasteiger partial charge is 0.283 e. The number of amides is 1. The molecule has 0 radical (unpaired) electrons. The highest BCUT2D eigenvalue weighted by atomic mass is 32.1. The van der Waals surface area contributed by atoms with E-state index >= 15 is 0 Å². The lowest BCUT2D eigenvalue weighted by Gasteiger charge is -2.16. The Hall–Kier alpha value is -2.41. The zero-order valence-electron chi connectivity index (χ0n) is 11.6. The minimum absolute atomic E-state index is 0.0423. The Labute approximate surface area is 125 Å². The number of nitrogens with zero attached hydrogens (tertiary/aromatic N) is 2. The van der Waals surface area contributed by atoms with Crippen LogP contribution in [0.25, 0.3) is 0 Å². The van der Waals surface area contributed by atoms with E-state index in [0.717, 1.165) is 11.3 Å². The molecule has 21 heavy (non-hydrogen) atoms. The summed E-state index contributed by atoms with van der Waals surface area (Å²) in [4.78, 5) is 24.8. The van der Waals surface area contributed by atoms with Gasteiger partial charge in [0.25, 0.3) is 11.6 Å². The van der Waals surface area contributed by atoms with E-state index in [4.69, 9.17) is 0 Å². The SMILES string of the molecule is Cc1sc(C(=O)N(C)Cc2ccccc2O)cc1[N+](=O)[O-]. The van der Waals surface area contributed by atoms with Crippen LogP contribution in [0.2, 0.25) is 0 Å². The lowest BCUT2D eigenvalue weighted by atomic mass is 10.2. The van der Waals surface area contributed by atoms with E-state index < -0.39 is 4.92 Å². The van der Waals surface area contributed by atoms with Crippen molar-refractivity contribution in [1.82, 2.24) is 4.90 Å². The molecule has 0 unspecified atom stereocenters. The number of aromatic hydroxyl groups is 1. The molecule has 0 aliphatic carbocycles. The largest absolute Gasteiger partial charge is 0.508 e. The molecule has 1 heterocycles. The zero-order chi connectivity index (χ0) is 15.6. The molecule has 2 aromatic rings. The summed E-state index contributed by atoms with van der Waals surface area (Å²) in [7, 11) is 1.59. The predicted molar refractivity (Wildman–Crippen MR) is 79.6 cm³/mol. The van der Waals surface area contributed by atoms with Crippen LogP contribution < -0.4 is 0 Å². The third-order valence-electron chi connectivity index (χ3n) is 3.04. The highest BCUT2D eigenvalue weighted by Gasteiger charge is 2.22. The van der Waals surface area contributed by atoms with Gasteiger partial charge in [0.05, 0.1) is 14.7 Å². The van der Waals surface area contributed by atoms with Gasteiger partial charge in [0, 0.05) is 25.2 Å². The molecular weight excluding hydrogens is 292 g/mol. The number of thiophene rings is 1. The third kappa shape index (κ3) is 3.19. The standard InChI is InChI=1S/C14H14N2O4S/c1-9-11(16(19)20)7-13(21-9)14(18)15(2)8-10-5-3-4-6-12(10)17/h3-7,17H,8H2,1-2H3. The Kier molecular flexibility index (Phi) is 4.23. The van der Waals surface area contributed by atoms with Crippen LogP contribution in [0.1, 0.15) is 20.1 Å². The van der Waals surface area contributed by atoms with Gasteiger partial charge in [0.2, 0.25) is 0 Å². The first kappa shape index (κ1) is 15.0. The Morgan fingerprint density at radius 1 is 1.43 bits per heavy atom. The second-order valence-corrected chi connectivity index (χ2v) is 5.86. The molecule has 1 N–H and O–H groups in total. The highest BCUT2D eigenvalue weighted by Crippen LogP contribution is 2.29. The Bertz CT molecular complexity index is 696. The van der Waals surface area contributed by atoms with E-state index in [1.165, 1.54) is 11.0 Å². The van der Waals surface area contributed by atoms with Crippen molar-refractivity contribution >= 4 is 22.9 Å². The van der Waals surface area contributed by atoms with E-state index in [9.17, 15) is 20.0 Å². The zero-order valence-corrected chi connectivity index (χ0v) is 12.4. The van der Waals surface area contributed by atoms with Crippen molar-refractivity contribution in [1.29, 1.82) is 0 Å². The Morgan fingerprint density at radius 2 is 2.10 bits per heavy atom. The second kappa shape index (κ2) is 5.92. The summed E-state index contributed by atoms with van der Waals surface area (Å²) in [6.07, 6.45) is 0. The van der Waals surface area contributed by atoms with E-state index in [2.05, 4.69) is 0 Å². The van der Waals surface area contributed by atoms with E-state index in [1.807, 2.05) is 0 Å². The summed E-state index contributed by atoms with van der Waals surface area (Å²) < 4.78 is 0. The van der Waals surface area contributed by atoms with Gasteiger partial charge in [-0.3, -0.25) is 14.9 Å². The molecule has 0 saturated heterocycles. The third-order valence-corrected chi connectivity index (χ3v) is 4.07. The van der Waals surface area contributed by atoms with Crippen molar-refractivity contribution in [3.8, 4) is 5.75 Å². The molecule has 0 aliphatic heterocycles. The van der Waals surface area contributed by atoms with Gasteiger partial charge in [-0.25, -0.2) is 0 Å². The molecule has 1 aromatic heterocycles. The van der Waals surface area contributed by atoms with Gasteiger partial charge in [0.1, 0.15) is 5.75 Å². The van der Waals surface area contributed by atoms with Gasteiger partial charge >= 0.3 is 0 Å². The maximum Gasteiger partial charge on any atom is 0.283 e. The minimum Gasteiger partial charge on any atom is -0.508 e. The van der Waals surface area contributed by atoms with Gasteiger partial charge in [0.15, 0.2) is 0 Å². The van der Waals surface area contributed by atoms with Gasteiger partial charge in [-0.15, -0.1) is 11.3 Å². The van der Waals surface area contributed by atoms with Crippen LogP contribution in [0.5, 0.6) is 5.75 Å². The van der Waals surface area contributed by atoms with Crippen LogP contribution in [0.4, 0.5) is 5.69 Å². The maximum absolute atomic E-state index is 12.3. The topological polar surface area (TPSA) is 83.7 Å². The number of aryl methyl sites for hydroxylation is 1. The van der Waals surface area contributed by atoms with Gasteiger partial charge in [-0.1, -0.05) is 18.2 Å². The number of hydrogen-bond donors (Lipinski definition) is 1. The van der Waals surface area contributed by atoms with Gasteiger partial charge in [-0.05, 0) is 13.0 Å². The van der Waals surface area contributed by atoms with E-state index in [-0.39, 0.29) is 23.9 Å². The second-order valence-electron chi connectivity index (χ2n) is 4.60. The molecule has 6 nitrogen and oxygen atoms in total. The number of para-hydroxylation sites is 1. The molecule has 0 aliphatic rings. The molecule has 0 spiro atoms. The fourth-order valence-electron chi connectivity index (χ4n) is 1.92. The predicted octanol–water partition coefficient (Wildman–Crippen LogP) is 2.94. The molecule has 110 valence electrons. The number of carbonyl (C=O) groups is 1. The van der Waals surface area contributed by atoms with Crippen molar-refractivity contribution in [2.45, 2.75) is 13.5 Å². The lowest BCUT2D eigenvalue weighted by molar-refractivity contribution is -0.385. The fraction of sp³-hybridized carbons (Fsp3) is 0.214. The monoisotopic (exact) mass is 306 g/mol. The number of benzene rings is 1. The number of phenolic OH excluding ortho intramolecular Hbond substituents is 1. The molecule has 0 fully saturated rings. The van der Waals surface area contributed by atoms with Gasteiger partial charge in [-0.2, -0.15) is 0 Å². The summed E-state index contributed by atoms with van der Waals surface area (Å²) in [6, 6.07) is 8.04. The quantitative estimate of drug-likeness (QED) is 0.695. The van der Waals surface area contributed by atoms with Crippen LogP contribution in [0, 0.1) is 17.0 Å². The van der Waals surface area contributed by atoms with Crippen LogP contribution >= 0.6 is 11.3 Å². The molecule has 1 aromatic carbocycles. The lowest BCUT2D eigenvalue weighted by Crippen LogP contribution is -2.25. The number of rotatable bonds is 4. The average Bonchev–Trinajstić information content (AvgIpc) is 2.82. The van der Waals surface area contributed by atoms with E-state index in [0.29, 0.717) is 15.3 Å². The normalized spacial score (nSPS) is 10.4. The van der Waals surface area contributed by atoms with Crippen molar-refractivity contribution in [3.63, 3.8) is 0 Å². The number of nitro groups is 1. The van der Waals surface area contributed by atoms with Crippen LogP contribution in [-0.2, 0) is 6.54 Å². The molecule has 2 rings (SSSR count). The van der Waals surface area contributed by atoms with Crippen LogP contribution in [0.3, 0.4) is 0 Å². The average molecular weight is 306 g/mol. The molecule has 1 amide bonds. The summed E-state index contributed by atoms with van der Waals surface area (Å²) in [5.74, 6) is -0.190. The summed E-state index contributed by atoms with van der Waals surface area (Å²) in [6.45, 7) is 1.85. The van der Waals surface area contributed by atoms with Crippen molar-refractivity contribution in [3.05, 3.63) is 55.8 Å². The maximum atomic E-state index is 12.3. The Morgan fingerprint density at radius 3 is 2.67 bits per heavy atom. The number of hydrogen-bond acceptors (Lipinski definition) is 5. The van der Waals surface area contributed by atoms with Crippen LogP contribution in [-0.4, -0.2) is 27.9 Å². The summed E-state index contributed by atoms with van der Waals surface area (Å²) in [5.41, 5.74) is 0.579. The van der Waals surface area contributed by atoms with Crippen molar-refractivity contribution in [2.75, 3.05) is 7.05 Å². The van der Waals surface area contributed by atoms with E-state index in [1.54, 1.807) is 38.2 Å². The summed E-state index contributed by atoms with van der Waals surface area (Å²) in [5, 5.41) is 20.5.